The number of nitrogens with one attached hydrogen (secondary N) is 1. The maximum absolute atomic E-state index is 11.4. The van der Waals surface area contributed by atoms with Crippen molar-refractivity contribution in [1.82, 2.24) is 0 Å². The van der Waals surface area contributed by atoms with Crippen molar-refractivity contribution >= 4 is 34.8 Å². The molecule has 1 atom stereocenters. The van der Waals surface area contributed by atoms with Gasteiger partial charge in [0.15, 0.2) is 0 Å². The minimum Gasteiger partial charge on any atom is -0.324 e. The van der Waals surface area contributed by atoms with Crippen molar-refractivity contribution in [2.24, 2.45) is 5.92 Å². The molecule has 2 nitrogen and oxygen atoms in total. The van der Waals surface area contributed by atoms with Gasteiger partial charge in [-0.25, -0.2) is 0 Å². The molecule has 0 radical (unpaired) electrons. The lowest BCUT2D eigenvalue weighted by Crippen LogP contribution is -2.21. The molecule has 0 fully saturated rings. The molecule has 0 heterocycles. The van der Waals surface area contributed by atoms with Crippen LogP contribution >= 0.6 is 23.2 Å². The number of alkyl halides is 1. The predicted molar refractivity (Wildman–Crippen MR) is 60.0 cm³/mol. The molecule has 14 heavy (non-hydrogen) atoms. The lowest BCUT2D eigenvalue weighted by atomic mass is 10.2. The number of benzene rings is 1. The Morgan fingerprint density at radius 1 is 1.50 bits per heavy atom. The van der Waals surface area contributed by atoms with Crippen molar-refractivity contribution in [3.63, 3.8) is 0 Å². The molecule has 0 saturated heterocycles. The van der Waals surface area contributed by atoms with Gasteiger partial charge in [-0.1, -0.05) is 30.7 Å². The molecule has 1 unspecified atom stereocenters. The van der Waals surface area contributed by atoms with E-state index in [0.29, 0.717) is 16.6 Å². The fourth-order valence-corrected chi connectivity index (χ4v) is 1.21. The van der Waals surface area contributed by atoms with Crippen LogP contribution in [0, 0.1) is 5.92 Å². The Labute approximate surface area is 93.2 Å². The minimum atomic E-state index is -0.215. The van der Waals surface area contributed by atoms with E-state index in [0.717, 1.165) is 0 Å². The highest BCUT2D eigenvalue weighted by Gasteiger charge is 2.12. The zero-order valence-corrected chi connectivity index (χ0v) is 9.27. The van der Waals surface area contributed by atoms with Gasteiger partial charge in [-0.2, -0.15) is 0 Å². The number of hydrogen-bond acceptors (Lipinski definition) is 1. The third-order valence-corrected chi connectivity index (χ3v) is 2.60. The van der Waals surface area contributed by atoms with Gasteiger partial charge in [0.1, 0.15) is 0 Å². The van der Waals surface area contributed by atoms with Crippen LogP contribution in [-0.4, -0.2) is 11.8 Å². The second-order valence-corrected chi connectivity index (χ2v) is 3.74. The average Bonchev–Trinajstić information content (AvgIpc) is 2.20. The quantitative estimate of drug-likeness (QED) is 0.797. The Hall–Kier alpha value is -0.730. The Balaban J connectivity index is 2.70. The second-order valence-electron chi connectivity index (χ2n) is 3.02. The summed E-state index contributed by atoms with van der Waals surface area (Å²) < 4.78 is 0. The fourth-order valence-electron chi connectivity index (χ4n) is 0.889. The number of carbonyl (C=O) groups excluding carboxylic acids is 1. The molecule has 1 aromatic rings. The molecule has 0 bridgehead atoms. The number of hydrogen-bond donors (Lipinski definition) is 1. The smallest absolute Gasteiger partial charge is 0.228 e. The van der Waals surface area contributed by atoms with E-state index in [1.807, 2.05) is 12.1 Å². The SMILES string of the molecule is CC(CCl)C(=O)Nc1ccccc1Cl. The third-order valence-electron chi connectivity index (χ3n) is 1.81. The first-order valence-electron chi connectivity index (χ1n) is 4.26. The van der Waals surface area contributed by atoms with Gasteiger partial charge < -0.3 is 5.32 Å². The topological polar surface area (TPSA) is 29.1 Å². The molecule has 1 amide bonds. The van der Waals surface area contributed by atoms with Crippen LogP contribution < -0.4 is 5.32 Å². The van der Waals surface area contributed by atoms with Crippen molar-refractivity contribution in [1.29, 1.82) is 0 Å². The van der Waals surface area contributed by atoms with E-state index in [1.54, 1.807) is 19.1 Å². The van der Waals surface area contributed by atoms with Gasteiger partial charge in [-0.05, 0) is 12.1 Å². The minimum absolute atomic E-state index is 0.117. The lowest BCUT2D eigenvalue weighted by molar-refractivity contribution is -0.118. The van der Waals surface area contributed by atoms with E-state index < -0.39 is 0 Å². The number of carbonyl (C=O) groups is 1. The van der Waals surface area contributed by atoms with Gasteiger partial charge in [0, 0.05) is 11.8 Å². The largest absolute Gasteiger partial charge is 0.324 e. The molecule has 1 aromatic carbocycles. The molecule has 0 aliphatic heterocycles. The number of para-hydroxylation sites is 1. The molecule has 4 heteroatoms. The van der Waals surface area contributed by atoms with Crippen molar-refractivity contribution in [3.8, 4) is 0 Å². The van der Waals surface area contributed by atoms with Crippen molar-refractivity contribution in [2.75, 3.05) is 11.2 Å². The van der Waals surface area contributed by atoms with Crippen LogP contribution in [0.25, 0.3) is 0 Å². The molecule has 0 aliphatic rings. The van der Waals surface area contributed by atoms with Crippen LogP contribution in [0.5, 0.6) is 0 Å². The molecule has 0 spiro atoms. The first kappa shape index (κ1) is 11.3. The van der Waals surface area contributed by atoms with E-state index >= 15 is 0 Å². The monoisotopic (exact) mass is 231 g/mol. The maximum Gasteiger partial charge on any atom is 0.228 e. The normalized spacial score (nSPS) is 12.2. The Bertz CT molecular complexity index is 328. The van der Waals surface area contributed by atoms with Crippen molar-refractivity contribution in [3.05, 3.63) is 29.3 Å². The van der Waals surface area contributed by atoms with Crippen LogP contribution in [0.1, 0.15) is 6.92 Å². The van der Waals surface area contributed by atoms with E-state index in [2.05, 4.69) is 5.32 Å². The Morgan fingerprint density at radius 3 is 2.71 bits per heavy atom. The Kier molecular flexibility index (Phi) is 4.23. The number of rotatable bonds is 3. The van der Waals surface area contributed by atoms with Crippen LogP contribution in [0.2, 0.25) is 5.02 Å². The average molecular weight is 232 g/mol. The summed E-state index contributed by atoms with van der Waals surface area (Å²) in [5, 5.41) is 3.24. The summed E-state index contributed by atoms with van der Waals surface area (Å²) in [6, 6.07) is 7.10. The molecule has 1 N–H and O–H groups in total. The van der Waals surface area contributed by atoms with Crippen LogP contribution in [-0.2, 0) is 4.79 Å². The summed E-state index contributed by atoms with van der Waals surface area (Å²) in [6.45, 7) is 1.76. The number of anilines is 1. The molecule has 1 rings (SSSR count). The molecule has 76 valence electrons. The highest BCUT2D eigenvalue weighted by Crippen LogP contribution is 2.21. The van der Waals surface area contributed by atoms with Gasteiger partial charge in [0.2, 0.25) is 5.91 Å². The summed E-state index contributed by atoms with van der Waals surface area (Å²) in [5.41, 5.74) is 0.621. The third kappa shape index (κ3) is 2.89. The van der Waals surface area contributed by atoms with Crippen LogP contribution in [0.4, 0.5) is 5.69 Å². The van der Waals surface area contributed by atoms with Crippen molar-refractivity contribution in [2.45, 2.75) is 6.92 Å². The van der Waals surface area contributed by atoms with E-state index in [1.165, 1.54) is 0 Å². The number of halogens is 2. The van der Waals surface area contributed by atoms with Gasteiger partial charge in [0.05, 0.1) is 10.7 Å². The van der Waals surface area contributed by atoms with E-state index in [9.17, 15) is 4.79 Å². The summed E-state index contributed by atoms with van der Waals surface area (Å²) >= 11 is 11.4. The molecule has 0 saturated carbocycles. The highest BCUT2D eigenvalue weighted by atomic mass is 35.5. The molecule has 0 aromatic heterocycles. The zero-order valence-electron chi connectivity index (χ0n) is 7.76. The molecule has 0 aliphatic carbocycles. The molecular weight excluding hydrogens is 221 g/mol. The zero-order chi connectivity index (χ0) is 10.6. The lowest BCUT2D eigenvalue weighted by Gasteiger charge is -2.09. The highest BCUT2D eigenvalue weighted by molar-refractivity contribution is 6.33. The van der Waals surface area contributed by atoms with Gasteiger partial charge >= 0.3 is 0 Å². The van der Waals surface area contributed by atoms with Gasteiger partial charge in [-0.15, -0.1) is 11.6 Å². The van der Waals surface area contributed by atoms with Gasteiger partial charge in [0.25, 0.3) is 0 Å². The predicted octanol–water partition coefficient (Wildman–Crippen LogP) is 3.15. The van der Waals surface area contributed by atoms with Crippen molar-refractivity contribution < 1.29 is 4.79 Å². The molecular formula is C10H11Cl2NO. The van der Waals surface area contributed by atoms with Crippen LogP contribution in [0.15, 0.2) is 24.3 Å². The summed E-state index contributed by atoms with van der Waals surface area (Å²) in [4.78, 5) is 11.4. The van der Waals surface area contributed by atoms with E-state index in [4.69, 9.17) is 23.2 Å². The maximum atomic E-state index is 11.4. The van der Waals surface area contributed by atoms with E-state index in [-0.39, 0.29) is 11.8 Å². The summed E-state index contributed by atoms with van der Waals surface area (Å²) in [6.07, 6.45) is 0. The van der Waals surface area contributed by atoms with Gasteiger partial charge in [-0.3, -0.25) is 4.79 Å². The van der Waals surface area contributed by atoms with Crippen LogP contribution in [0.3, 0.4) is 0 Å². The fraction of sp³-hybridized carbons (Fsp3) is 0.300. The first-order chi connectivity index (χ1) is 6.65. The summed E-state index contributed by atoms with van der Waals surface area (Å²) in [7, 11) is 0. The Morgan fingerprint density at radius 2 is 2.14 bits per heavy atom. The summed E-state index contributed by atoms with van der Waals surface area (Å²) in [5.74, 6) is -0.0305. The first-order valence-corrected chi connectivity index (χ1v) is 5.17. The second kappa shape index (κ2) is 5.23. The standard InChI is InChI=1S/C10H11Cl2NO/c1-7(6-11)10(14)13-9-5-3-2-4-8(9)12/h2-5,7H,6H2,1H3,(H,13,14). The number of amides is 1.